The molecule has 1 unspecified atom stereocenters. The number of rotatable bonds is 5. The molecule has 2 aromatic rings. The highest BCUT2D eigenvalue weighted by Gasteiger charge is 2.22. The topological polar surface area (TPSA) is 69.1 Å². The Labute approximate surface area is 188 Å². The van der Waals surface area contributed by atoms with Crippen molar-refractivity contribution in [2.75, 3.05) is 32.1 Å². The number of anilines is 1. The van der Waals surface area contributed by atoms with Crippen LogP contribution in [0, 0.1) is 5.82 Å². The maximum Gasteiger partial charge on any atom is 0.191 e. The molecule has 1 heterocycles. The molecule has 1 aliphatic rings. The first-order chi connectivity index (χ1) is 13.6. The van der Waals surface area contributed by atoms with E-state index in [0.717, 1.165) is 42.9 Å². The molecule has 0 radical (unpaired) electrons. The maximum absolute atomic E-state index is 13.5. The molecule has 0 aromatic heterocycles. The van der Waals surface area contributed by atoms with E-state index < -0.39 is 5.82 Å². The lowest BCUT2D eigenvalue weighted by Crippen LogP contribution is -2.51. The van der Waals surface area contributed by atoms with Crippen LogP contribution in [0.2, 0.25) is 0 Å². The van der Waals surface area contributed by atoms with Crippen LogP contribution in [0.4, 0.5) is 10.1 Å². The summed E-state index contributed by atoms with van der Waals surface area (Å²) in [6, 6.07) is 12.6. The maximum atomic E-state index is 13.5. The number of hydrogen-bond donors (Lipinski definition) is 3. The van der Waals surface area contributed by atoms with Crippen molar-refractivity contribution >= 4 is 35.6 Å². The number of aliphatic imine (C=N–C) groups is 1. The van der Waals surface area contributed by atoms with Gasteiger partial charge in [-0.3, -0.25) is 4.99 Å². The molecule has 158 valence electrons. The molecule has 0 spiro atoms. The molecular formula is C21H28FIN4O2. The van der Waals surface area contributed by atoms with Gasteiger partial charge < -0.3 is 25.4 Å². The Morgan fingerprint density at radius 1 is 1.31 bits per heavy atom. The molecule has 3 rings (SSSR count). The monoisotopic (exact) mass is 514 g/mol. The van der Waals surface area contributed by atoms with Crippen LogP contribution < -0.4 is 20.3 Å². The van der Waals surface area contributed by atoms with Gasteiger partial charge in [-0.25, -0.2) is 4.39 Å². The van der Waals surface area contributed by atoms with E-state index in [4.69, 9.17) is 4.74 Å². The number of halogens is 2. The average molecular weight is 514 g/mol. The molecule has 6 nitrogen and oxygen atoms in total. The molecule has 0 saturated carbocycles. The normalized spacial score (nSPS) is 16.7. The van der Waals surface area contributed by atoms with Crippen molar-refractivity contribution in [3.63, 3.8) is 0 Å². The van der Waals surface area contributed by atoms with E-state index in [9.17, 15) is 9.50 Å². The van der Waals surface area contributed by atoms with E-state index in [1.807, 2.05) is 18.2 Å². The van der Waals surface area contributed by atoms with Crippen molar-refractivity contribution in [2.24, 2.45) is 4.99 Å². The van der Waals surface area contributed by atoms with Crippen LogP contribution in [0.25, 0.3) is 0 Å². The number of para-hydroxylation sites is 2. The van der Waals surface area contributed by atoms with Crippen LogP contribution in [0.5, 0.6) is 11.5 Å². The summed E-state index contributed by atoms with van der Waals surface area (Å²) in [6.45, 7) is 2.24. The Kier molecular flexibility index (Phi) is 8.81. The van der Waals surface area contributed by atoms with Crippen LogP contribution in [-0.2, 0) is 6.54 Å². The van der Waals surface area contributed by atoms with E-state index >= 15 is 0 Å². The van der Waals surface area contributed by atoms with Gasteiger partial charge in [0.15, 0.2) is 17.5 Å². The van der Waals surface area contributed by atoms with Crippen molar-refractivity contribution in [1.82, 2.24) is 10.6 Å². The highest BCUT2D eigenvalue weighted by Crippen LogP contribution is 2.29. The van der Waals surface area contributed by atoms with Crippen LogP contribution in [0.3, 0.4) is 0 Å². The summed E-state index contributed by atoms with van der Waals surface area (Å²) in [5, 5.41) is 16.0. The Morgan fingerprint density at radius 2 is 2.10 bits per heavy atom. The molecule has 2 aromatic carbocycles. The molecule has 0 aliphatic carbocycles. The molecule has 1 saturated heterocycles. The minimum Gasteiger partial charge on any atom is -0.505 e. The number of guanidine groups is 1. The molecule has 8 heteroatoms. The van der Waals surface area contributed by atoms with Gasteiger partial charge in [0.2, 0.25) is 0 Å². The third-order valence-electron chi connectivity index (χ3n) is 4.88. The molecule has 1 aliphatic heterocycles. The summed E-state index contributed by atoms with van der Waals surface area (Å²) in [6.07, 6.45) is 2.11. The summed E-state index contributed by atoms with van der Waals surface area (Å²) in [5.74, 6) is 0.576. The minimum absolute atomic E-state index is 0. The number of nitrogens with zero attached hydrogens (tertiary/aromatic N) is 2. The zero-order valence-electron chi connectivity index (χ0n) is 16.7. The Morgan fingerprint density at radius 3 is 2.83 bits per heavy atom. The fraction of sp³-hybridized carbons (Fsp3) is 0.381. The second-order valence-corrected chi connectivity index (χ2v) is 6.81. The highest BCUT2D eigenvalue weighted by atomic mass is 127. The summed E-state index contributed by atoms with van der Waals surface area (Å²) < 4.78 is 19.0. The Hall–Kier alpha value is -2.23. The van der Waals surface area contributed by atoms with Crippen LogP contribution in [-0.4, -0.2) is 44.4 Å². The number of methoxy groups -OCH3 is 1. The zero-order valence-corrected chi connectivity index (χ0v) is 19.0. The molecule has 1 fully saturated rings. The lowest BCUT2D eigenvalue weighted by atomic mass is 10.0. The van der Waals surface area contributed by atoms with Crippen molar-refractivity contribution in [3.8, 4) is 11.5 Å². The summed E-state index contributed by atoms with van der Waals surface area (Å²) in [7, 11) is 3.41. The lowest BCUT2D eigenvalue weighted by molar-refractivity contribution is 0.408. The second kappa shape index (κ2) is 11.1. The number of phenols is 1. The molecule has 3 N–H and O–H groups in total. The summed E-state index contributed by atoms with van der Waals surface area (Å²) in [4.78, 5) is 6.60. The summed E-state index contributed by atoms with van der Waals surface area (Å²) >= 11 is 0. The van der Waals surface area contributed by atoms with Crippen molar-refractivity contribution < 1.29 is 14.2 Å². The largest absolute Gasteiger partial charge is 0.505 e. The SMILES string of the molecule is CN=C(NCc1ccc(O)c(F)c1)NC1CCCN(c2ccccc2OC)C1.I. The van der Waals surface area contributed by atoms with Gasteiger partial charge in [-0.05, 0) is 42.7 Å². The first kappa shape index (κ1) is 23.1. The number of phenolic OH excluding ortho intramolecular Hbond substituents is 1. The zero-order chi connectivity index (χ0) is 19.9. The molecule has 0 amide bonds. The van der Waals surface area contributed by atoms with Gasteiger partial charge in [-0.15, -0.1) is 24.0 Å². The van der Waals surface area contributed by atoms with Gasteiger partial charge in [-0.1, -0.05) is 18.2 Å². The molecular weight excluding hydrogens is 486 g/mol. The molecule has 0 bridgehead atoms. The summed E-state index contributed by atoms with van der Waals surface area (Å²) in [5.41, 5.74) is 1.83. The fourth-order valence-electron chi connectivity index (χ4n) is 3.44. The Bertz CT molecular complexity index is 834. The first-order valence-corrected chi connectivity index (χ1v) is 9.43. The van der Waals surface area contributed by atoms with Crippen molar-refractivity contribution in [1.29, 1.82) is 0 Å². The van der Waals surface area contributed by atoms with Gasteiger partial charge in [0.25, 0.3) is 0 Å². The molecule has 1 atom stereocenters. The quantitative estimate of drug-likeness (QED) is 0.324. The number of piperidine rings is 1. The second-order valence-electron chi connectivity index (χ2n) is 6.81. The number of hydrogen-bond acceptors (Lipinski definition) is 4. The number of ether oxygens (including phenoxy) is 1. The third kappa shape index (κ3) is 6.12. The molecule has 29 heavy (non-hydrogen) atoms. The van der Waals surface area contributed by atoms with Gasteiger partial charge in [-0.2, -0.15) is 0 Å². The smallest absolute Gasteiger partial charge is 0.191 e. The van der Waals surface area contributed by atoms with E-state index in [1.165, 1.54) is 12.1 Å². The highest BCUT2D eigenvalue weighted by molar-refractivity contribution is 14.0. The Balaban J connectivity index is 0.00000300. The number of aromatic hydroxyl groups is 1. The van der Waals surface area contributed by atoms with Crippen molar-refractivity contribution in [2.45, 2.75) is 25.4 Å². The average Bonchev–Trinajstić information content (AvgIpc) is 2.73. The van der Waals surface area contributed by atoms with Crippen LogP contribution in [0.1, 0.15) is 18.4 Å². The number of nitrogens with one attached hydrogen (secondary N) is 2. The van der Waals surface area contributed by atoms with E-state index in [1.54, 1.807) is 20.2 Å². The first-order valence-electron chi connectivity index (χ1n) is 9.43. The predicted octanol–water partition coefficient (Wildman–Crippen LogP) is 3.49. The van der Waals surface area contributed by atoms with E-state index in [2.05, 4.69) is 26.6 Å². The van der Waals surface area contributed by atoms with E-state index in [0.29, 0.717) is 12.5 Å². The standard InChI is InChI=1S/C21H27FN4O2.HI/c1-23-21(24-13-15-9-10-19(27)17(22)12-15)25-16-6-5-11-26(14-16)18-7-3-4-8-20(18)28-2;/h3-4,7-10,12,16,27H,5-6,11,13-14H2,1-2H3,(H2,23,24,25);1H. The predicted molar refractivity (Wildman–Crippen MR) is 125 cm³/mol. The fourth-order valence-corrected chi connectivity index (χ4v) is 3.44. The minimum atomic E-state index is -0.623. The third-order valence-corrected chi connectivity index (χ3v) is 4.88. The van der Waals surface area contributed by atoms with E-state index in [-0.39, 0.29) is 35.8 Å². The van der Waals surface area contributed by atoms with Crippen LogP contribution in [0.15, 0.2) is 47.5 Å². The van der Waals surface area contributed by atoms with Gasteiger partial charge in [0.05, 0.1) is 12.8 Å². The van der Waals surface area contributed by atoms with Gasteiger partial charge in [0.1, 0.15) is 5.75 Å². The lowest BCUT2D eigenvalue weighted by Gasteiger charge is -2.36. The van der Waals surface area contributed by atoms with Crippen molar-refractivity contribution in [3.05, 3.63) is 53.8 Å². The van der Waals surface area contributed by atoms with Gasteiger partial charge >= 0.3 is 0 Å². The van der Waals surface area contributed by atoms with Gasteiger partial charge in [0, 0.05) is 32.7 Å². The number of benzene rings is 2. The van der Waals surface area contributed by atoms with Crippen LogP contribution >= 0.6 is 24.0 Å².